The van der Waals surface area contributed by atoms with Gasteiger partial charge >= 0.3 is 0 Å². The van der Waals surface area contributed by atoms with Crippen molar-refractivity contribution in [1.82, 2.24) is 18.7 Å². The number of imidazole rings is 1. The molecular formula is C15H14N4O3S. The summed E-state index contributed by atoms with van der Waals surface area (Å²) in [5, 5.41) is 0. The molecule has 2 aromatic heterocycles. The highest BCUT2D eigenvalue weighted by Gasteiger charge is 2.26. The predicted molar refractivity (Wildman–Crippen MR) is 84.9 cm³/mol. The first-order valence-electron chi connectivity index (χ1n) is 7.03. The predicted octanol–water partition coefficient (Wildman–Crippen LogP) is 0.844. The molecule has 0 unspecified atom stereocenters. The summed E-state index contributed by atoms with van der Waals surface area (Å²) in [4.78, 5) is 19.2. The van der Waals surface area contributed by atoms with Crippen LogP contribution in [-0.4, -0.2) is 41.2 Å². The Kier molecular flexibility index (Phi) is 2.79. The van der Waals surface area contributed by atoms with Gasteiger partial charge in [0.15, 0.2) is 0 Å². The normalized spacial score (nSPS) is 13.5. The SMILES string of the molecule is CN(C)S(=O)(=O)c1ccc2c(c1)Cc1c-2[nH]c(=O)c2nccn12. The minimum Gasteiger partial charge on any atom is -0.317 e. The molecule has 0 spiro atoms. The molecule has 7 nitrogen and oxygen atoms in total. The molecule has 0 saturated carbocycles. The number of H-pyrrole nitrogens is 1. The topological polar surface area (TPSA) is 87.5 Å². The number of benzene rings is 1. The Morgan fingerprint density at radius 3 is 2.83 bits per heavy atom. The molecular weight excluding hydrogens is 316 g/mol. The molecule has 1 N–H and O–H groups in total. The van der Waals surface area contributed by atoms with E-state index in [4.69, 9.17) is 0 Å². The van der Waals surface area contributed by atoms with Crippen LogP contribution in [0.15, 0.2) is 40.3 Å². The van der Waals surface area contributed by atoms with Gasteiger partial charge in [-0.1, -0.05) is 6.07 Å². The third-order valence-corrected chi connectivity index (χ3v) is 5.96. The molecule has 8 heteroatoms. The summed E-state index contributed by atoms with van der Waals surface area (Å²) in [7, 11) is -0.476. The number of nitrogens with zero attached hydrogens (tertiary/aromatic N) is 3. The zero-order valence-corrected chi connectivity index (χ0v) is 13.4. The average molecular weight is 330 g/mol. The van der Waals surface area contributed by atoms with Gasteiger partial charge in [-0.25, -0.2) is 17.7 Å². The van der Waals surface area contributed by atoms with Crippen molar-refractivity contribution in [3.63, 3.8) is 0 Å². The highest BCUT2D eigenvalue weighted by atomic mass is 32.2. The lowest BCUT2D eigenvalue weighted by Gasteiger charge is -2.12. The van der Waals surface area contributed by atoms with Crippen molar-refractivity contribution < 1.29 is 8.42 Å². The van der Waals surface area contributed by atoms with Crippen LogP contribution in [-0.2, 0) is 16.4 Å². The number of nitrogens with one attached hydrogen (secondary N) is 1. The fourth-order valence-electron chi connectivity index (χ4n) is 2.96. The Morgan fingerprint density at radius 1 is 1.30 bits per heavy atom. The Hall–Kier alpha value is -2.45. The lowest BCUT2D eigenvalue weighted by molar-refractivity contribution is 0.520. The molecule has 2 heterocycles. The number of rotatable bonds is 2. The number of hydrogen-bond donors (Lipinski definition) is 1. The molecule has 118 valence electrons. The van der Waals surface area contributed by atoms with Gasteiger partial charge in [0.2, 0.25) is 15.7 Å². The van der Waals surface area contributed by atoms with Crippen molar-refractivity contribution in [2.45, 2.75) is 11.3 Å². The lowest BCUT2D eigenvalue weighted by Crippen LogP contribution is -2.22. The fraction of sp³-hybridized carbons (Fsp3) is 0.200. The summed E-state index contributed by atoms with van der Waals surface area (Å²) < 4.78 is 27.5. The van der Waals surface area contributed by atoms with Gasteiger partial charge in [-0.2, -0.15) is 0 Å². The van der Waals surface area contributed by atoms with E-state index in [0.717, 1.165) is 22.5 Å². The van der Waals surface area contributed by atoms with E-state index >= 15 is 0 Å². The maximum Gasteiger partial charge on any atom is 0.292 e. The number of fused-ring (bicyclic) bond motifs is 5. The first-order chi connectivity index (χ1) is 10.9. The summed E-state index contributed by atoms with van der Waals surface area (Å²) in [6, 6.07) is 4.99. The van der Waals surface area contributed by atoms with Crippen LogP contribution in [0.5, 0.6) is 0 Å². The second-order valence-electron chi connectivity index (χ2n) is 5.68. The van der Waals surface area contributed by atoms with Gasteiger partial charge in [0.1, 0.15) is 0 Å². The molecule has 0 radical (unpaired) electrons. The Morgan fingerprint density at radius 2 is 2.09 bits per heavy atom. The summed E-state index contributed by atoms with van der Waals surface area (Å²) in [5.41, 5.74) is 3.45. The maximum atomic E-state index is 12.3. The third-order valence-electron chi connectivity index (χ3n) is 4.14. The third kappa shape index (κ3) is 1.88. The second kappa shape index (κ2) is 4.53. The first-order valence-corrected chi connectivity index (χ1v) is 8.47. The van der Waals surface area contributed by atoms with Gasteiger partial charge in [0.05, 0.1) is 16.3 Å². The summed E-state index contributed by atoms with van der Waals surface area (Å²) in [5.74, 6) is 0. The van der Waals surface area contributed by atoms with Crippen molar-refractivity contribution in [3.8, 4) is 11.3 Å². The molecule has 23 heavy (non-hydrogen) atoms. The van der Waals surface area contributed by atoms with Crippen molar-refractivity contribution in [1.29, 1.82) is 0 Å². The molecule has 1 aliphatic rings. The molecule has 0 fully saturated rings. The van der Waals surface area contributed by atoms with Crippen LogP contribution in [0.1, 0.15) is 11.3 Å². The summed E-state index contributed by atoms with van der Waals surface area (Å²) in [6.07, 6.45) is 3.87. The standard InChI is InChI=1S/C15H14N4O3S/c1-18(2)23(21,22)10-3-4-11-9(7-10)8-12-13(11)17-15(20)14-16-5-6-19(12)14/h3-7H,8H2,1-2H3,(H,17,20). The minimum absolute atomic E-state index is 0.248. The van der Waals surface area contributed by atoms with Crippen LogP contribution < -0.4 is 5.56 Å². The van der Waals surface area contributed by atoms with Gasteiger partial charge in [-0.05, 0) is 17.7 Å². The van der Waals surface area contributed by atoms with Gasteiger partial charge in [-0.15, -0.1) is 0 Å². The molecule has 0 saturated heterocycles. The maximum absolute atomic E-state index is 12.3. The lowest BCUT2D eigenvalue weighted by atomic mass is 10.1. The van der Waals surface area contributed by atoms with E-state index < -0.39 is 10.0 Å². The van der Waals surface area contributed by atoms with Gasteiger partial charge < -0.3 is 4.98 Å². The quantitative estimate of drug-likeness (QED) is 0.590. The number of sulfonamides is 1. The van der Waals surface area contributed by atoms with E-state index in [1.165, 1.54) is 18.4 Å². The van der Waals surface area contributed by atoms with Crippen LogP contribution in [0.3, 0.4) is 0 Å². The van der Waals surface area contributed by atoms with E-state index in [9.17, 15) is 13.2 Å². The van der Waals surface area contributed by atoms with Crippen LogP contribution in [0.4, 0.5) is 0 Å². The molecule has 4 rings (SSSR count). The minimum atomic E-state index is -3.48. The van der Waals surface area contributed by atoms with Crippen molar-refractivity contribution in [2.24, 2.45) is 0 Å². The molecule has 3 aromatic rings. The zero-order chi connectivity index (χ0) is 16.4. The fourth-order valence-corrected chi connectivity index (χ4v) is 3.91. The highest BCUT2D eigenvalue weighted by Crippen LogP contribution is 2.35. The van der Waals surface area contributed by atoms with Crippen molar-refractivity contribution >= 4 is 15.7 Å². The summed E-state index contributed by atoms with van der Waals surface area (Å²) in [6.45, 7) is 0. The van der Waals surface area contributed by atoms with Crippen molar-refractivity contribution in [2.75, 3.05) is 14.1 Å². The monoisotopic (exact) mass is 330 g/mol. The van der Waals surface area contributed by atoms with Crippen LogP contribution in [0.25, 0.3) is 16.9 Å². The molecule has 1 aromatic carbocycles. The van der Waals surface area contributed by atoms with E-state index in [1.807, 2.05) is 0 Å². The van der Waals surface area contributed by atoms with Gasteiger partial charge in [-0.3, -0.25) is 9.20 Å². The molecule has 0 bridgehead atoms. The van der Waals surface area contributed by atoms with E-state index in [1.54, 1.807) is 35.0 Å². The number of hydrogen-bond acceptors (Lipinski definition) is 4. The van der Waals surface area contributed by atoms with E-state index in [0.29, 0.717) is 12.1 Å². The Labute approximate surface area is 132 Å². The Balaban J connectivity index is 1.94. The molecule has 0 atom stereocenters. The smallest absolute Gasteiger partial charge is 0.292 e. The Bertz CT molecular complexity index is 1110. The zero-order valence-electron chi connectivity index (χ0n) is 12.6. The van der Waals surface area contributed by atoms with Gasteiger partial charge in [0.25, 0.3) is 5.56 Å². The van der Waals surface area contributed by atoms with Crippen LogP contribution >= 0.6 is 0 Å². The second-order valence-corrected chi connectivity index (χ2v) is 7.83. The number of aromatic nitrogens is 3. The molecule has 1 aliphatic carbocycles. The average Bonchev–Trinajstić information content (AvgIpc) is 3.11. The largest absolute Gasteiger partial charge is 0.317 e. The van der Waals surface area contributed by atoms with Crippen molar-refractivity contribution in [3.05, 3.63) is 52.2 Å². The van der Waals surface area contributed by atoms with Crippen LogP contribution in [0.2, 0.25) is 0 Å². The van der Waals surface area contributed by atoms with Crippen LogP contribution in [0, 0.1) is 0 Å². The van der Waals surface area contributed by atoms with Gasteiger partial charge in [0, 0.05) is 38.5 Å². The summed E-state index contributed by atoms with van der Waals surface area (Å²) >= 11 is 0. The number of aromatic amines is 1. The molecule has 0 aliphatic heterocycles. The highest BCUT2D eigenvalue weighted by molar-refractivity contribution is 7.89. The molecule has 0 amide bonds. The van der Waals surface area contributed by atoms with E-state index in [2.05, 4.69) is 9.97 Å². The van der Waals surface area contributed by atoms with E-state index in [-0.39, 0.29) is 10.5 Å². The first kappa shape index (κ1) is 14.2.